The van der Waals surface area contributed by atoms with Crippen LogP contribution in [-0.4, -0.2) is 23.1 Å². The Balaban J connectivity index is 0. The first kappa shape index (κ1) is 12.9. The van der Waals surface area contributed by atoms with Gasteiger partial charge in [-0.2, -0.15) is 12.8 Å². The van der Waals surface area contributed by atoms with Gasteiger partial charge < -0.3 is 23.4 Å². The van der Waals surface area contributed by atoms with Crippen LogP contribution in [0.1, 0.15) is 38.5 Å². The van der Waals surface area contributed by atoms with E-state index in [-0.39, 0.29) is 40.0 Å². The van der Waals surface area contributed by atoms with Gasteiger partial charge in [0.05, 0.1) is 0 Å². The predicted molar refractivity (Wildman–Crippen MR) is 37.8 cm³/mol. The SMILES string of the molecule is [Br-].[CH-]1CCCCCC1.[Mg+2]. The van der Waals surface area contributed by atoms with Crippen LogP contribution in [0.4, 0.5) is 0 Å². The maximum Gasteiger partial charge on any atom is 2.00 e. The zero-order chi connectivity index (χ0) is 4.95. The quantitative estimate of drug-likeness (QED) is 0.273. The van der Waals surface area contributed by atoms with Crippen molar-refractivity contribution in [2.45, 2.75) is 38.5 Å². The fourth-order valence-corrected chi connectivity index (χ4v) is 1.08. The molecule has 1 aliphatic rings. The number of hydrogen-bond acceptors (Lipinski definition) is 0. The molecule has 0 unspecified atom stereocenters. The second-order valence-corrected chi connectivity index (χ2v) is 2.28. The average Bonchev–Trinajstić information content (AvgIpc) is 1.90. The fraction of sp³-hybridized carbons (Fsp3) is 0.857. The van der Waals surface area contributed by atoms with Crippen LogP contribution in [0.25, 0.3) is 0 Å². The van der Waals surface area contributed by atoms with Crippen molar-refractivity contribution in [3.8, 4) is 0 Å². The van der Waals surface area contributed by atoms with Gasteiger partial charge in [0.2, 0.25) is 0 Å². The monoisotopic (exact) mass is 200 g/mol. The molecule has 1 rings (SSSR count). The number of hydrogen-bond donors (Lipinski definition) is 0. The second kappa shape index (κ2) is 9.25. The zero-order valence-electron chi connectivity index (χ0n) is 5.91. The molecule has 0 amide bonds. The zero-order valence-corrected chi connectivity index (χ0v) is 8.91. The van der Waals surface area contributed by atoms with Gasteiger partial charge in [-0.3, -0.25) is 0 Å². The Morgan fingerprint density at radius 1 is 0.778 bits per heavy atom. The van der Waals surface area contributed by atoms with Crippen molar-refractivity contribution >= 4 is 23.1 Å². The van der Waals surface area contributed by atoms with Crippen molar-refractivity contribution in [3.05, 3.63) is 6.42 Å². The van der Waals surface area contributed by atoms with Crippen molar-refractivity contribution in [3.63, 3.8) is 0 Å². The molecule has 1 fully saturated rings. The van der Waals surface area contributed by atoms with E-state index >= 15 is 0 Å². The first-order chi connectivity index (χ1) is 3.50. The van der Waals surface area contributed by atoms with E-state index in [9.17, 15) is 0 Å². The minimum atomic E-state index is 0. The molecule has 0 radical (unpaired) electrons. The Hall–Kier alpha value is 1.25. The van der Waals surface area contributed by atoms with Crippen molar-refractivity contribution in [1.82, 2.24) is 0 Å². The topological polar surface area (TPSA) is 0 Å². The fourth-order valence-electron chi connectivity index (χ4n) is 1.08. The predicted octanol–water partition coefficient (Wildman–Crippen LogP) is -0.832. The summed E-state index contributed by atoms with van der Waals surface area (Å²) < 4.78 is 0. The third-order valence-corrected chi connectivity index (χ3v) is 1.57. The molecule has 1 saturated carbocycles. The molecule has 9 heavy (non-hydrogen) atoms. The van der Waals surface area contributed by atoms with E-state index in [4.69, 9.17) is 0 Å². The van der Waals surface area contributed by atoms with E-state index in [1.165, 1.54) is 38.5 Å². The van der Waals surface area contributed by atoms with Gasteiger partial charge in [-0.25, -0.2) is 0 Å². The summed E-state index contributed by atoms with van der Waals surface area (Å²) >= 11 is 0. The molecule has 0 aromatic rings. The first-order valence-corrected chi connectivity index (χ1v) is 3.32. The molecule has 0 spiro atoms. The number of rotatable bonds is 0. The van der Waals surface area contributed by atoms with Crippen molar-refractivity contribution in [2.24, 2.45) is 0 Å². The van der Waals surface area contributed by atoms with E-state index in [1.54, 1.807) is 0 Å². The summed E-state index contributed by atoms with van der Waals surface area (Å²) in [5.74, 6) is 0. The second-order valence-electron chi connectivity index (χ2n) is 2.28. The Labute approximate surface area is 84.7 Å². The molecule has 0 bridgehead atoms. The van der Waals surface area contributed by atoms with Crippen LogP contribution in [0.3, 0.4) is 0 Å². The normalized spacial score (nSPS) is 18.7. The van der Waals surface area contributed by atoms with Gasteiger partial charge in [0, 0.05) is 0 Å². The van der Waals surface area contributed by atoms with Crippen LogP contribution < -0.4 is 17.0 Å². The van der Waals surface area contributed by atoms with Crippen molar-refractivity contribution < 1.29 is 17.0 Å². The maximum atomic E-state index is 2.42. The van der Waals surface area contributed by atoms with Crippen LogP contribution in [0.15, 0.2) is 0 Å². The van der Waals surface area contributed by atoms with Crippen LogP contribution >= 0.6 is 0 Å². The van der Waals surface area contributed by atoms with Crippen LogP contribution in [0.5, 0.6) is 0 Å². The third-order valence-electron chi connectivity index (χ3n) is 1.57. The molecule has 0 aromatic heterocycles. The molecule has 0 atom stereocenters. The Bertz CT molecular complexity index is 28.5. The van der Waals surface area contributed by atoms with Gasteiger partial charge in [-0.05, 0) is 0 Å². The number of halogens is 1. The van der Waals surface area contributed by atoms with Gasteiger partial charge in [-0.1, -0.05) is 25.7 Å². The Kier molecular flexibility index (Phi) is 13.2. The van der Waals surface area contributed by atoms with Crippen LogP contribution in [-0.2, 0) is 0 Å². The molecule has 0 saturated heterocycles. The molecule has 0 heterocycles. The summed E-state index contributed by atoms with van der Waals surface area (Å²) in [6, 6.07) is 0. The maximum absolute atomic E-state index is 2.42. The van der Waals surface area contributed by atoms with Gasteiger partial charge in [0.25, 0.3) is 0 Å². The molecule has 1 aliphatic carbocycles. The van der Waals surface area contributed by atoms with Gasteiger partial charge in [0.15, 0.2) is 0 Å². The standard InChI is InChI=1S/C7H13.BrH.Mg/c1-2-4-6-7-5-3-1;;/h1H,2-7H2;1H;/q-1;;+2/p-1. The van der Waals surface area contributed by atoms with E-state index < -0.39 is 0 Å². The summed E-state index contributed by atoms with van der Waals surface area (Å²) in [4.78, 5) is 0. The molecule has 2 heteroatoms. The summed E-state index contributed by atoms with van der Waals surface area (Å²) in [6.07, 6.45) is 11.0. The van der Waals surface area contributed by atoms with Crippen LogP contribution in [0.2, 0.25) is 0 Å². The molecule has 50 valence electrons. The molecular weight excluding hydrogens is 188 g/mol. The largest absolute Gasteiger partial charge is 2.00 e. The summed E-state index contributed by atoms with van der Waals surface area (Å²) in [7, 11) is 0. The van der Waals surface area contributed by atoms with Gasteiger partial charge >= 0.3 is 23.1 Å². The first-order valence-electron chi connectivity index (χ1n) is 3.32. The summed E-state index contributed by atoms with van der Waals surface area (Å²) in [6.45, 7) is 0. The van der Waals surface area contributed by atoms with Gasteiger partial charge in [-0.15, -0.1) is 0 Å². The Morgan fingerprint density at radius 2 is 1.22 bits per heavy atom. The molecular formula is C7H13BrMg. The molecule has 0 aromatic carbocycles. The van der Waals surface area contributed by atoms with Crippen LogP contribution in [0, 0.1) is 6.42 Å². The van der Waals surface area contributed by atoms with E-state index in [2.05, 4.69) is 6.42 Å². The molecule has 0 nitrogen and oxygen atoms in total. The van der Waals surface area contributed by atoms with E-state index in [0.717, 1.165) is 0 Å². The summed E-state index contributed by atoms with van der Waals surface area (Å²) in [5.41, 5.74) is 0. The smallest absolute Gasteiger partial charge is 1.00 e. The third kappa shape index (κ3) is 7.14. The van der Waals surface area contributed by atoms with Crippen molar-refractivity contribution in [1.29, 1.82) is 0 Å². The van der Waals surface area contributed by atoms with Gasteiger partial charge in [0.1, 0.15) is 0 Å². The minimum absolute atomic E-state index is 0. The molecule has 0 N–H and O–H groups in total. The Morgan fingerprint density at radius 3 is 1.67 bits per heavy atom. The van der Waals surface area contributed by atoms with Crippen molar-refractivity contribution in [2.75, 3.05) is 0 Å². The summed E-state index contributed by atoms with van der Waals surface area (Å²) in [5, 5.41) is 0. The average molecular weight is 201 g/mol. The minimum Gasteiger partial charge on any atom is -1.00 e. The van der Waals surface area contributed by atoms with E-state index in [1.807, 2.05) is 0 Å². The van der Waals surface area contributed by atoms with E-state index in [0.29, 0.717) is 0 Å². The molecule has 0 aliphatic heterocycles.